The molecular weight excluding hydrogens is 610 g/mol. The van der Waals surface area contributed by atoms with Gasteiger partial charge in [-0.1, -0.05) is 48.0 Å². The molecule has 1 atom stereocenters. The van der Waals surface area contributed by atoms with Gasteiger partial charge in [0.25, 0.3) is 5.91 Å². The lowest BCUT2D eigenvalue weighted by molar-refractivity contribution is -0.124. The quantitative estimate of drug-likeness (QED) is 0.216. The van der Waals surface area contributed by atoms with E-state index in [0.717, 1.165) is 45.7 Å². The van der Waals surface area contributed by atoms with Crippen molar-refractivity contribution in [3.05, 3.63) is 95.0 Å². The van der Waals surface area contributed by atoms with Gasteiger partial charge in [-0.05, 0) is 80.1 Å². The minimum absolute atomic E-state index is 0.0756. The number of halogens is 1. The Morgan fingerprint density at radius 3 is 2.33 bits per heavy atom. The molecule has 0 unspecified atom stereocenters. The third kappa shape index (κ3) is 8.46. The van der Waals surface area contributed by atoms with Crippen LogP contribution < -0.4 is 10.2 Å². The Labute approximate surface area is 274 Å². The zero-order valence-electron chi connectivity index (χ0n) is 25.4. The molecule has 2 aliphatic heterocycles. The predicted octanol–water partition coefficient (Wildman–Crippen LogP) is 5.06. The number of ether oxygens (including phenoxy) is 1. The molecule has 236 valence electrons. The monoisotopic (exact) mass is 647 g/mol. The number of benzene rings is 3. The second kappa shape index (κ2) is 15.4. The molecule has 11 heteroatoms. The minimum atomic E-state index is -0.752. The van der Waals surface area contributed by atoms with E-state index in [1.807, 2.05) is 11.0 Å². The molecule has 0 radical (unpaired) electrons. The van der Waals surface area contributed by atoms with E-state index in [2.05, 4.69) is 39.4 Å². The second-order valence-electron chi connectivity index (χ2n) is 11.2. The summed E-state index contributed by atoms with van der Waals surface area (Å²) >= 11 is 12.1. The van der Waals surface area contributed by atoms with E-state index in [9.17, 15) is 14.4 Å². The van der Waals surface area contributed by atoms with Crippen LogP contribution in [0.3, 0.4) is 0 Å². The summed E-state index contributed by atoms with van der Waals surface area (Å²) in [7, 11) is 0. The van der Waals surface area contributed by atoms with E-state index >= 15 is 0 Å². The molecule has 2 fully saturated rings. The van der Waals surface area contributed by atoms with Crippen molar-refractivity contribution in [1.82, 2.24) is 14.7 Å². The number of thiocarbonyl (C=S) groups is 1. The van der Waals surface area contributed by atoms with Crippen molar-refractivity contribution in [2.24, 2.45) is 0 Å². The van der Waals surface area contributed by atoms with Crippen LogP contribution in [0.2, 0.25) is 5.02 Å². The van der Waals surface area contributed by atoms with Crippen LogP contribution in [0.15, 0.2) is 78.9 Å². The molecule has 0 spiro atoms. The van der Waals surface area contributed by atoms with Crippen molar-refractivity contribution in [3.63, 3.8) is 0 Å². The summed E-state index contributed by atoms with van der Waals surface area (Å²) in [5, 5.41) is 3.71. The molecule has 1 N–H and O–H groups in total. The van der Waals surface area contributed by atoms with E-state index < -0.39 is 12.0 Å². The topological polar surface area (TPSA) is 85.4 Å². The molecule has 2 amide bonds. The normalized spacial score (nSPS) is 17.5. The number of esters is 1. The molecular formula is C34H38ClN5O4S. The number of amides is 2. The summed E-state index contributed by atoms with van der Waals surface area (Å²) in [6.45, 7) is 8.35. The first-order chi connectivity index (χ1) is 21.8. The molecule has 2 aliphatic rings. The van der Waals surface area contributed by atoms with E-state index in [4.69, 9.17) is 28.6 Å². The number of piperazine rings is 1. The van der Waals surface area contributed by atoms with Gasteiger partial charge in [0, 0.05) is 50.0 Å². The van der Waals surface area contributed by atoms with Gasteiger partial charge in [0.2, 0.25) is 5.91 Å². The van der Waals surface area contributed by atoms with Gasteiger partial charge in [-0.25, -0.2) is 4.79 Å². The van der Waals surface area contributed by atoms with Gasteiger partial charge in [0.15, 0.2) is 5.11 Å². The summed E-state index contributed by atoms with van der Waals surface area (Å²) in [6, 6.07) is 23.2. The summed E-state index contributed by atoms with van der Waals surface area (Å²) in [4.78, 5) is 47.2. The Hall–Kier alpha value is -3.83. The Bertz CT molecular complexity index is 1500. The van der Waals surface area contributed by atoms with Gasteiger partial charge in [-0.2, -0.15) is 0 Å². The van der Waals surface area contributed by atoms with E-state index in [1.54, 1.807) is 55.5 Å². The Balaban J connectivity index is 1.20. The maximum atomic E-state index is 13.8. The van der Waals surface area contributed by atoms with Gasteiger partial charge in [-0.15, -0.1) is 0 Å². The molecule has 0 bridgehead atoms. The molecule has 2 heterocycles. The van der Waals surface area contributed by atoms with Crippen LogP contribution in [0.25, 0.3) is 0 Å². The van der Waals surface area contributed by atoms with Crippen LogP contribution in [0.5, 0.6) is 0 Å². The van der Waals surface area contributed by atoms with Crippen LogP contribution >= 0.6 is 23.8 Å². The highest BCUT2D eigenvalue weighted by Crippen LogP contribution is 2.29. The van der Waals surface area contributed by atoms with Crippen LogP contribution in [0.4, 0.5) is 11.4 Å². The van der Waals surface area contributed by atoms with Crippen LogP contribution in [0, 0.1) is 0 Å². The molecule has 9 nitrogen and oxygen atoms in total. The summed E-state index contributed by atoms with van der Waals surface area (Å²) in [5.74, 6) is -1.01. The number of nitrogens with zero attached hydrogens (tertiary/aromatic N) is 4. The summed E-state index contributed by atoms with van der Waals surface area (Å²) < 4.78 is 5.02. The van der Waals surface area contributed by atoms with E-state index in [-0.39, 0.29) is 24.8 Å². The van der Waals surface area contributed by atoms with Crippen LogP contribution in [-0.2, 0) is 20.9 Å². The molecule has 3 aromatic carbocycles. The smallest absolute Gasteiger partial charge is 0.338 e. The molecule has 0 saturated carbocycles. The van der Waals surface area contributed by atoms with Gasteiger partial charge in [-0.3, -0.25) is 19.4 Å². The average Bonchev–Trinajstić information content (AvgIpc) is 3.26. The molecule has 0 aromatic heterocycles. The maximum absolute atomic E-state index is 13.8. The second-order valence-corrected chi connectivity index (χ2v) is 12.0. The van der Waals surface area contributed by atoms with Crippen molar-refractivity contribution < 1.29 is 19.1 Å². The van der Waals surface area contributed by atoms with Gasteiger partial charge < -0.3 is 19.9 Å². The SMILES string of the molecule is CCOC(=O)c1ccc(NC(=O)C[C@H]2C(=O)N(c3cccc(Cl)c3)C(=S)N2CCCN2CCN(Cc3ccccc3)CC2)cc1. The van der Waals surface area contributed by atoms with Crippen LogP contribution in [-0.4, -0.2) is 89.5 Å². The van der Waals surface area contributed by atoms with Crippen molar-refractivity contribution in [2.75, 3.05) is 56.1 Å². The van der Waals surface area contributed by atoms with Crippen molar-refractivity contribution in [3.8, 4) is 0 Å². The average molecular weight is 648 g/mol. The predicted molar refractivity (Wildman–Crippen MR) is 180 cm³/mol. The highest BCUT2D eigenvalue weighted by atomic mass is 35.5. The summed E-state index contributed by atoms with van der Waals surface area (Å²) in [6.07, 6.45) is 0.719. The van der Waals surface area contributed by atoms with E-state index in [0.29, 0.717) is 33.6 Å². The van der Waals surface area contributed by atoms with Gasteiger partial charge in [0.05, 0.1) is 24.3 Å². The first-order valence-corrected chi connectivity index (χ1v) is 16.1. The molecule has 5 rings (SSSR count). The number of nitrogens with one attached hydrogen (secondary N) is 1. The first kappa shape index (κ1) is 32.6. The number of anilines is 2. The minimum Gasteiger partial charge on any atom is -0.462 e. The zero-order valence-corrected chi connectivity index (χ0v) is 26.9. The lowest BCUT2D eigenvalue weighted by Crippen LogP contribution is -2.47. The summed E-state index contributed by atoms with van der Waals surface area (Å²) in [5.41, 5.74) is 2.82. The number of hydrogen-bond acceptors (Lipinski definition) is 7. The van der Waals surface area contributed by atoms with Crippen molar-refractivity contribution in [2.45, 2.75) is 32.4 Å². The molecule has 0 aliphatic carbocycles. The van der Waals surface area contributed by atoms with E-state index in [1.165, 1.54) is 10.5 Å². The lowest BCUT2D eigenvalue weighted by atomic mass is 10.1. The fourth-order valence-corrected chi connectivity index (χ4v) is 6.31. The third-order valence-corrected chi connectivity index (χ3v) is 8.68. The largest absolute Gasteiger partial charge is 0.462 e. The standard InChI is InChI=1S/C34H38ClN5O4S/c1-2-44-33(43)26-12-14-28(15-13-26)36-31(41)23-30-32(42)40(29-11-6-10-27(35)22-29)34(45)39(30)17-7-16-37-18-20-38(21-19-37)24-25-8-4-3-5-9-25/h3-6,8-15,22,30H,2,7,16-21,23-24H2,1H3,(H,36,41)/t30-/m0/s1. The van der Waals surface area contributed by atoms with Gasteiger partial charge >= 0.3 is 5.97 Å². The van der Waals surface area contributed by atoms with Crippen LogP contribution in [0.1, 0.15) is 35.7 Å². The Morgan fingerprint density at radius 1 is 0.933 bits per heavy atom. The van der Waals surface area contributed by atoms with Gasteiger partial charge in [0.1, 0.15) is 6.04 Å². The highest BCUT2D eigenvalue weighted by Gasteiger charge is 2.44. The van der Waals surface area contributed by atoms with Crippen molar-refractivity contribution >= 4 is 58.1 Å². The number of carbonyl (C=O) groups is 3. The highest BCUT2D eigenvalue weighted by molar-refractivity contribution is 7.80. The molecule has 3 aromatic rings. The maximum Gasteiger partial charge on any atom is 0.338 e. The fraction of sp³-hybridized carbons (Fsp3) is 0.353. The number of hydrogen-bond donors (Lipinski definition) is 1. The molecule has 2 saturated heterocycles. The Morgan fingerprint density at radius 2 is 1.64 bits per heavy atom. The number of rotatable bonds is 12. The lowest BCUT2D eigenvalue weighted by Gasteiger charge is -2.35. The molecule has 45 heavy (non-hydrogen) atoms. The fourth-order valence-electron chi connectivity index (χ4n) is 5.71. The zero-order chi connectivity index (χ0) is 31.8. The number of carbonyl (C=O) groups excluding carboxylic acids is 3. The first-order valence-electron chi connectivity index (χ1n) is 15.3. The van der Waals surface area contributed by atoms with Crippen molar-refractivity contribution in [1.29, 1.82) is 0 Å². The Kier molecular flexibility index (Phi) is 11.2. The third-order valence-electron chi connectivity index (χ3n) is 8.03.